The molecule has 0 aliphatic rings. The average molecular weight is 343 g/mol. The molecule has 0 bridgehead atoms. The number of carboxylic acids is 1. The highest BCUT2D eigenvalue weighted by Gasteiger charge is 2.24. The number of carbonyl (C=O) groups is 1. The van der Waals surface area contributed by atoms with Crippen molar-refractivity contribution >= 4 is 16.0 Å². The van der Waals surface area contributed by atoms with Gasteiger partial charge in [0.05, 0.1) is 17.9 Å². The fraction of sp³-hybridized carbons (Fsp3) is 0.562. The van der Waals surface area contributed by atoms with Crippen LogP contribution in [0.5, 0.6) is 5.75 Å². The van der Waals surface area contributed by atoms with E-state index in [0.29, 0.717) is 23.3 Å². The molecule has 23 heavy (non-hydrogen) atoms. The summed E-state index contributed by atoms with van der Waals surface area (Å²) in [4.78, 5) is 11.4. The van der Waals surface area contributed by atoms with Crippen LogP contribution in [-0.4, -0.2) is 33.1 Å². The second kappa shape index (κ2) is 7.79. The SMILES string of the molecule is COc1cc(C)c(S(=O)(=O)NCC(CC(C)C)C(=O)O)cc1C. The lowest BCUT2D eigenvalue weighted by Crippen LogP contribution is -2.34. The fourth-order valence-corrected chi connectivity index (χ4v) is 3.79. The van der Waals surface area contributed by atoms with Gasteiger partial charge in [-0.3, -0.25) is 4.79 Å². The summed E-state index contributed by atoms with van der Waals surface area (Å²) in [5.41, 5.74) is 1.26. The van der Waals surface area contributed by atoms with Crippen LogP contribution in [0.2, 0.25) is 0 Å². The molecule has 1 atom stereocenters. The first kappa shape index (κ1) is 19.4. The minimum atomic E-state index is -3.77. The maximum Gasteiger partial charge on any atom is 0.307 e. The molecule has 0 aliphatic heterocycles. The third-order valence-electron chi connectivity index (χ3n) is 3.61. The van der Waals surface area contributed by atoms with E-state index in [0.717, 1.165) is 0 Å². The quantitative estimate of drug-likeness (QED) is 0.756. The summed E-state index contributed by atoms with van der Waals surface area (Å²) < 4.78 is 32.5. The molecule has 1 aromatic carbocycles. The van der Waals surface area contributed by atoms with Crippen LogP contribution >= 0.6 is 0 Å². The number of sulfonamides is 1. The number of benzene rings is 1. The van der Waals surface area contributed by atoms with Crippen LogP contribution in [0.3, 0.4) is 0 Å². The number of aliphatic carboxylic acids is 1. The molecular weight excluding hydrogens is 318 g/mol. The molecule has 1 rings (SSSR count). The molecule has 1 aromatic rings. The highest BCUT2D eigenvalue weighted by molar-refractivity contribution is 7.89. The van der Waals surface area contributed by atoms with Gasteiger partial charge in [0.2, 0.25) is 10.0 Å². The molecule has 130 valence electrons. The van der Waals surface area contributed by atoms with E-state index in [1.165, 1.54) is 13.2 Å². The van der Waals surface area contributed by atoms with Crippen LogP contribution in [0.15, 0.2) is 17.0 Å². The Morgan fingerprint density at radius 1 is 1.26 bits per heavy atom. The van der Waals surface area contributed by atoms with Gasteiger partial charge in [0.25, 0.3) is 0 Å². The molecule has 1 unspecified atom stereocenters. The normalized spacial score (nSPS) is 13.1. The first-order chi connectivity index (χ1) is 10.6. The number of nitrogens with one attached hydrogen (secondary N) is 1. The van der Waals surface area contributed by atoms with E-state index in [1.807, 2.05) is 13.8 Å². The summed E-state index contributed by atoms with van der Waals surface area (Å²) in [7, 11) is -2.25. The van der Waals surface area contributed by atoms with Gasteiger partial charge in [-0.25, -0.2) is 13.1 Å². The zero-order valence-corrected chi connectivity index (χ0v) is 15.0. The van der Waals surface area contributed by atoms with Crippen molar-refractivity contribution in [1.82, 2.24) is 4.72 Å². The predicted octanol–water partition coefficient (Wildman–Crippen LogP) is 2.34. The van der Waals surface area contributed by atoms with Gasteiger partial charge in [0.1, 0.15) is 5.75 Å². The Kier molecular flexibility index (Phi) is 6.58. The van der Waals surface area contributed by atoms with Gasteiger partial charge in [-0.05, 0) is 49.4 Å². The van der Waals surface area contributed by atoms with Gasteiger partial charge in [-0.1, -0.05) is 13.8 Å². The van der Waals surface area contributed by atoms with Gasteiger partial charge in [0, 0.05) is 6.54 Å². The Morgan fingerprint density at radius 2 is 1.87 bits per heavy atom. The first-order valence-electron chi connectivity index (χ1n) is 7.46. The van der Waals surface area contributed by atoms with Gasteiger partial charge in [0.15, 0.2) is 0 Å². The minimum Gasteiger partial charge on any atom is -0.496 e. The van der Waals surface area contributed by atoms with E-state index in [2.05, 4.69) is 4.72 Å². The van der Waals surface area contributed by atoms with E-state index in [9.17, 15) is 18.3 Å². The number of hydrogen-bond donors (Lipinski definition) is 2. The van der Waals surface area contributed by atoms with Crippen molar-refractivity contribution in [2.24, 2.45) is 11.8 Å². The second-order valence-corrected chi connectivity index (χ2v) is 7.84. The van der Waals surface area contributed by atoms with Crippen LogP contribution in [0.1, 0.15) is 31.4 Å². The smallest absolute Gasteiger partial charge is 0.307 e. The molecule has 0 aliphatic carbocycles. The van der Waals surface area contributed by atoms with Crippen molar-refractivity contribution in [3.05, 3.63) is 23.3 Å². The summed E-state index contributed by atoms with van der Waals surface area (Å²) >= 11 is 0. The summed E-state index contributed by atoms with van der Waals surface area (Å²) in [6, 6.07) is 3.20. The van der Waals surface area contributed by atoms with Gasteiger partial charge in [-0.15, -0.1) is 0 Å². The van der Waals surface area contributed by atoms with Crippen molar-refractivity contribution in [1.29, 1.82) is 0 Å². The third-order valence-corrected chi connectivity index (χ3v) is 5.17. The Balaban J connectivity index is 2.99. The number of ether oxygens (including phenoxy) is 1. The number of aryl methyl sites for hydroxylation is 2. The van der Waals surface area contributed by atoms with Crippen LogP contribution in [0.25, 0.3) is 0 Å². The molecule has 0 saturated heterocycles. The molecule has 0 radical (unpaired) electrons. The minimum absolute atomic E-state index is 0.125. The monoisotopic (exact) mass is 343 g/mol. The van der Waals surface area contributed by atoms with E-state index in [1.54, 1.807) is 19.9 Å². The fourth-order valence-electron chi connectivity index (χ4n) is 2.40. The zero-order chi connectivity index (χ0) is 17.8. The molecule has 0 amide bonds. The summed E-state index contributed by atoms with van der Waals surface area (Å²) in [6.45, 7) is 7.12. The van der Waals surface area contributed by atoms with Gasteiger partial charge >= 0.3 is 5.97 Å². The Morgan fingerprint density at radius 3 is 2.35 bits per heavy atom. The summed E-state index contributed by atoms with van der Waals surface area (Å²) in [5.74, 6) is -0.955. The predicted molar refractivity (Wildman–Crippen MR) is 88.2 cm³/mol. The molecule has 0 spiro atoms. The first-order valence-corrected chi connectivity index (χ1v) is 8.94. The van der Waals surface area contributed by atoms with Crippen molar-refractivity contribution in [3.8, 4) is 5.75 Å². The topological polar surface area (TPSA) is 92.7 Å². The largest absolute Gasteiger partial charge is 0.496 e. The maximum absolute atomic E-state index is 12.5. The summed E-state index contributed by atoms with van der Waals surface area (Å²) in [6.07, 6.45) is 0.415. The van der Waals surface area contributed by atoms with Gasteiger partial charge < -0.3 is 9.84 Å². The molecule has 0 fully saturated rings. The molecule has 0 saturated carbocycles. The average Bonchev–Trinajstić information content (AvgIpc) is 2.44. The standard InChI is InChI=1S/C16H25NO5S/c1-10(2)6-13(16(18)19)9-17-23(20,21)15-8-11(3)14(22-5)7-12(15)4/h7-8,10,13,17H,6,9H2,1-5H3,(H,18,19). The number of rotatable bonds is 8. The van der Waals surface area contributed by atoms with Crippen molar-refractivity contribution in [2.45, 2.75) is 39.0 Å². The molecule has 0 aromatic heterocycles. The molecule has 2 N–H and O–H groups in total. The Hall–Kier alpha value is -1.60. The summed E-state index contributed by atoms with van der Waals surface area (Å²) in [5, 5.41) is 9.21. The van der Waals surface area contributed by atoms with Crippen LogP contribution in [0, 0.1) is 25.7 Å². The van der Waals surface area contributed by atoms with Crippen molar-refractivity contribution in [3.63, 3.8) is 0 Å². The maximum atomic E-state index is 12.5. The highest BCUT2D eigenvalue weighted by Crippen LogP contribution is 2.25. The molecule has 0 heterocycles. The Labute approximate surface area is 137 Å². The van der Waals surface area contributed by atoms with Crippen LogP contribution in [0.4, 0.5) is 0 Å². The van der Waals surface area contributed by atoms with E-state index < -0.39 is 21.9 Å². The van der Waals surface area contributed by atoms with E-state index in [4.69, 9.17) is 4.74 Å². The van der Waals surface area contributed by atoms with E-state index in [-0.39, 0.29) is 17.4 Å². The van der Waals surface area contributed by atoms with Crippen LogP contribution in [-0.2, 0) is 14.8 Å². The number of methoxy groups -OCH3 is 1. The molecule has 7 heteroatoms. The van der Waals surface area contributed by atoms with Crippen LogP contribution < -0.4 is 9.46 Å². The zero-order valence-electron chi connectivity index (χ0n) is 14.2. The third kappa shape index (κ3) is 5.21. The lowest BCUT2D eigenvalue weighted by Gasteiger charge is -2.17. The lowest BCUT2D eigenvalue weighted by atomic mass is 9.98. The van der Waals surface area contributed by atoms with Crippen molar-refractivity contribution in [2.75, 3.05) is 13.7 Å². The molecular formula is C16H25NO5S. The molecule has 6 nitrogen and oxygen atoms in total. The Bertz CT molecular complexity index is 667. The number of carboxylic acid groups (broad SMARTS) is 1. The second-order valence-electron chi connectivity index (χ2n) is 6.10. The van der Waals surface area contributed by atoms with E-state index >= 15 is 0 Å². The van der Waals surface area contributed by atoms with Crippen molar-refractivity contribution < 1.29 is 23.1 Å². The highest BCUT2D eigenvalue weighted by atomic mass is 32.2. The number of hydrogen-bond acceptors (Lipinski definition) is 4. The lowest BCUT2D eigenvalue weighted by molar-refractivity contribution is -0.142. The van der Waals surface area contributed by atoms with Gasteiger partial charge in [-0.2, -0.15) is 0 Å².